The Hall–Kier alpha value is -2.48. The van der Waals surface area contributed by atoms with Crippen molar-refractivity contribution in [1.29, 1.82) is 0 Å². The number of ether oxygens (including phenoxy) is 1. The summed E-state index contributed by atoms with van der Waals surface area (Å²) in [5.41, 5.74) is 4.69. The SMILES string of the molecule is Cc1cc(O)c2cc3c(cc2c1-c1ccccc1)CCO3. The van der Waals surface area contributed by atoms with Gasteiger partial charge in [-0.05, 0) is 52.8 Å². The third kappa shape index (κ3) is 1.87. The first-order chi connectivity index (χ1) is 10.2. The topological polar surface area (TPSA) is 29.5 Å². The lowest BCUT2D eigenvalue weighted by atomic mass is 9.92. The van der Waals surface area contributed by atoms with Gasteiger partial charge < -0.3 is 9.84 Å². The van der Waals surface area contributed by atoms with Crippen LogP contribution >= 0.6 is 0 Å². The van der Waals surface area contributed by atoms with Gasteiger partial charge in [-0.15, -0.1) is 0 Å². The van der Waals surface area contributed by atoms with E-state index in [0.717, 1.165) is 35.1 Å². The number of benzene rings is 3. The monoisotopic (exact) mass is 276 g/mol. The zero-order valence-electron chi connectivity index (χ0n) is 11.9. The van der Waals surface area contributed by atoms with Crippen molar-refractivity contribution in [3.8, 4) is 22.6 Å². The van der Waals surface area contributed by atoms with Crippen LogP contribution in [0.3, 0.4) is 0 Å². The molecule has 0 saturated heterocycles. The Morgan fingerprint density at radius 2 is 1.81 bits per heavy atom. The summed E-state index contributed by atoms with van der Waals surface area (Å²) in [7, 11) is 0. The molecule has 2 nitrogen and oxygen atoms in total. The van der Waals surface area contributed by atoms with Gasteiger partial charge >= 0.3 is 0 Å². The van der Waals surface area contributed by atoms with Crippen LogP contribution in [0.15, 0.2) is 48.5 Å². The summed E-state index contributed by atoms with van der Waals surface area (Å²) in [5, 5.41) is 12.3. The number of fused-ring (bicyclic) bond motifs is 2. The molecule has 21 heavy (non-hydrogen) atoms. The van der Waals surface area contributed by atoms with Crippen LogP contribution in [-0.2, 0) is 6.42 Å². The second kappa shape index (κ2) is 4.52. The number of hydrogen-bond donors (Lipinski definition) is 1. The van der Waals surface area contributed by atoms with E-state index in [0.29, 0.717) is 5.75 Å². The molecule has 0 radical (unpaired) electrons. The van der Waals surface area contributed by atoms with E-state index >= 15 is 0 Å². The normalized spacial score (nSPS) is 13.2. The molecule has 0 atom stereocenters. The molecule has 4 rings (SSSR count). The average Bonchev–Trinajstić information content (AvgIpc) is 2.94. The fourth-order valence-electron chi connectivity index (χ4n) is 3.20. The van der Waals surface area contributed by atoms with E-state index in [-0.39, 0.29) is 0 Å². The molecule has 1 aliphatic heterocycles. The molecule has 104 valence electrons. The van der Waals surface area contributed by atoms with Gasteiger partial charge in [-0.1, -0.05) is 30.3 Å². The molecular formula is C19H16O2. The highest BCUT2D eigenvalue weighted by molar-refractivity contribution is 6.02. The Labute approximate surface area is 123 Å². The maximum absolute atomic E-state index is 10.3. The molecule has 3 aromatic rings. The van der Waals surface area contributed by atoms with Crippen molar-refractivity contribution in [1.82, 2.24) is 0 Å². The fourth-order valence-corrected chi connectivity index (χ4v) is 3.20. The largest absolute Gasteiger partial charge is 0.507 e. The smallest absolute Gasteiger partial charge is 0.123 e. The number of aryl methyl sites for hydroxylation is 1. The predicted molar refractivity (Wildman–Crippen MR) is 85.0 cm³/mol. The number of hydrogen-bond acceptors (Lipinski definition) is 2. The van der Waals surface area contributed by atoms with Crippen molar-refractivity contribution in [3.05, 3.63) is 59.7 Å². The Balaban J connectivity index is 2.11. The second-order valence-electron chi connectivity index (χ2n) is 5.56. The molecule has 0 saturated carbocycles. The molecule has 0 amide bonds. The van der Waals surface area contributed by atoms with Gasteiger partial charge in [0.05, 0.1) is 6.61 Å². The molecule has 1 heterocycles. The Morgan fingerprint density at radius 3 is 2.62 bits per heavy atom. The Morgan fingerprint density at radius 1 is 1.00 bits per heavy atom. The molecule has 0 bridgehead atoms. The lowest BCUT2D eigenvalue weighted by molar-refractivity contribution is 0.357. The van der Waals surface area contributed by atoms with E-state index < -0.39 is 0 Å². The molecule has 1 aliphatic rings. The summed E-state index contributed by atoms with van der Waals surface area (Å²) < 4.78 is 5.63. The average molecular weight is 276 g/mol. The number of phenols is 1. The molecule has 0 unspecified atom stereocenters. The van der Waals surface area contributed by atoms with Gasteiger partial charge in [0.2, 0.25) is 0 Å². The highest BCUT2D eigenvalue weighted by atomic mass is 16.5. The van der Waals surface area contributed by atoms with Crippen molar-refractivity contribution >= 4 is 10.8 Å². The Kier molecular flexibility index (Phi) is 2.64. The minimum atomic E-state index is 0.320. The summed E-state index contributed by atoms with van der Waals surface area (Å²) in [6.45, 7) is 2.78. The zero-order valence-corrected chi connectivity index (χ0v) is 11.9. The fraction of sp³-hybridized carbons (Fsp3) is 0.158. The first-order valence-electron chi connectivity index (χ1n) is 7.21. The van der Waals surface area contributed by atoms with E-state index in [2.05, 4.69) is 18.2 Å². The van der Waals surface area contributed by atoms with Gasteiger partial charge in [0.25, 0.3) is 0 Å². The quantitative estimate of drug-likeness (QED) is 0.711. The third-order valence-corrected chi connectivity index (χ3v) is 4.18. The highest BCUT2D eigenvalue weighted by Crippen LogP contribution is 2.41. The van der Waals surface area contributed by atoms with Gasteiger partial charge in [0, 0.05) is 11.8 Å². The van der Waals surface area contributed by atoms with Gasteiger partial charge in [-0.2, -0.15) is 0 Å². The van der Waals surface area contributed by atoms with E-state index in [9.17, 15) is 5.11 Å². The van der Waals surface area contributed by atoms with E-state index in [1.54, 1.807) is 0 Å². The number of phenolic OH excluding ortho intramolecular Hbond substituents is 1. The molecule has 0 fully saturated rings. The molecule has 0 aliphatic carbocycles. The van der Waals surface area contributed by atoms with Crippen molar-refractivity contribution < 1.29 is 9.84 Å². The molecule has 2 heteroatoms. The van der Waals surface area contributed by atoms with Crippen LogP contribution in [0.4, 0.5) is 0 Å². The first-order valence-corrected chi connectivity index (χ1v) is 7.21. The minimum Gasteiger partial charge on any atom is -0.507 e. The predicted octanol–water partition coefficient (Wildman–Crippen LogP) is 4.46. The molecule has 3 aromatic carbocycles. The van der Waals surface area contributed by atoms with E-state index in [4.69, 9.17) is 4.74 Å². The van der Waals surface area contributed by atoms with Crippen LogP contribution in [0.2, 0.25) is 0 Å². The van der Waals surface area contributed by atoms with Crippen molar-refractivity contribution in [2.45, 2.75) is 13.3 Å². The third-order valence-electron chi connectivity index (χ3n) is 4.18. The standard InChI is InChI=1S/C19H16O2/c1-12-9-17(20)15-11-18-14(7-8-21-18)10-16(15)19(12)13-5-3-2-4-6-13/h2-6,9-11,20H,7-8H2,1H3. The summed E-state index contributed by atoms with van der Waals surface area (Å²) in [5.74, 6) is 1.22. The highest BCUT2D eigenvalue weighted by Gasteiger charge is 2.18. The lowest BCUT2D eigenvalue weighted by Crippen LogP contribution is -1.89. The molecule has 0 spiro atoms. The van der Waals surface area contributed by atoms with Crippen molar-refractivity contribution in [3.63, 3.8) is 0 Å². The van der Waals surface area contributed by atoms with Crippen molar-refractivity contribution in [2.24, 2.45) is 0 Å². The first kappa shape index (κ1) is 12.3. The van der Waals surface area contributed by atoms with Crippen LogP contribution in [0.5, 0.6) is 11.5 Å². The second-order valence-corrected chi connectivity index (χ2v) is 5.56. The molecule has 0 aromatic heterocycles. The van der Waals surface area contributed by atoms with Crippen LogP contribution in [0.25, 0.3) is 21.9 Å². The lowest BCUT2D eigenvalue weighted by Gasteiger charge is -2.14. The summed E-state index contributed by atoms with van der Waals surface area (Å²) >= 11 is 0. The Bertz CT molecular complexity index is 835. The van der Waals surface area contributed by atoms with Crippen LogP contribution in [-0.4, -0.2) is 11.7 Å². The number of rotatable bonds is 1. The molecular weight excluding hydrogens is 260 g/mol. The van der Waals surface area contributed by atoms with Gasteiger partial charge in [0.1, 0.15) is 11.5 Å². The van der Waals surface area contributed by atoms with Gasteiger partial charge in [-0.3, -0.25) is 0 Å². The summed E-state index contributed by atoms with van der Waals surface area (Å²) in [4.78, 5) is 0. The van der Waals surface area contributed by atoms with Gasteiger partial charge in [0.15, 0.2) is 0 Å². The molecule has 1 N–H and O–H groups in total. The van der Waals surface area contributed by atoms with E-state index in [1.165, 1.54) is 16.7 Å². The maximum atomic E-state index is 10.3. The zero-order chi connectivity index (χ0) is 14.4. The summed E-state index contributed by atoms with van der Waals surface area (Å²) in [6.07, 6.45) is 0.939. The summed E-state index contributed by atoms with van der Waals surface area (Å²) in [6, 6.07) is 16.3. The minimum absolute atomic E-state index is 0.320. The van der Waals surface area contributed by atoms with Crippen LogP contribution in [0.1, 0.15) is 11.1 Å². The number of aromatic hydroxyl groups is 1. The maximum Gasteiger partial charge on any atom is 0.123 e. The van der Waals surface area contributed by atoms with E-state index in [1.807, 2.05) is 37.3 Å². The van der Waals surface area contributed by atoms with Gasteiger partial charge in [-0.25, -0.2) is 0 Å². The van der Waals surface area contributed by atoms with Crippen LogP contribution < -0.4 is 4.74 Å². The van der Waals surface area contributed by atoms with Crippen LogP contribution in [0, 0.1) is 6.92 Å². The van der Waals surface area contributed by atoms with Crippen molar-refractivity contribution in [2.75, 3.05) is 6.61 Å².